The second-order valence-corrected chi connectivity index (χ2v) is 3.12. The lowest BCUT2D eigenvalue weighted by Gasteiger charge is -2.13. The first-order valence-electron chi connectivity index (χ1n) is 4.88. The van der Waals surface area contributed by atoms with Crippen molar-refractivity contribution in [3.8, 4) is 6.07 Å². The Hall–Kier alpha value is -1.06. The summed E-state index contributed by atoms with van der Waals surface area (Å²) in [6, 6.07) is 1.21. The summed E-state index contributed by atoms with van der Waals surface area (Å²) in [7, 11) is 0. The summed E-state index contributed by atoms with van der Waals surface area (Å²) >= 11 is 0. The number of ether oxygens (including phenoxy) is 1. The normalized spacial score (nSPS) is 13.1. The highest BCUT2D eigenvalue weighted by molar-refractivity contribution is 4.89. The van der Waals surface area contributed by atoms with Gasteiger partial charge >= 0.3 is 6.18 Å². The van der Waals surface area contributed by atoms with Crippen LogP contribution >= 0.6 is 0 Å². The van der Waals surface area contributed by atoms with Crippen LogP contribution in [0.4, 0.5) is 13.2 Å². The lowest BCUT2D eigenvalue weighted by Crippen LogP contribution is -2.34. The quantitative estimate of drug-likeness (QED) is 0.517. The molecule has 1 N–H and O–H groups in total. The number of nitrogens with one attached hydrogen (secondary N) is 1. The van der Waals surface area contributed by atoms with Crippen molar-refractivity contribution in [3.63, 3.8) is 0 Å². The summed E-state index contributed by atoms with van der Waals surface area (Å²) < 4.78 is 41.4. The zero-order valence-corrected chi connectivity index (χ0v) is 8.89. The van der Waals surface area contributed by atoms with Gasteiger partial charge in [0.05, 0.1) is 19.3 Å². The molecule has 0 heterocycles. The molecule has 0 aromatic carbocycles. The molecular formula is C10H15F3N2O. The summed E-state index contributed by atoms with van der Waals surface area (Å²) in [6.07, 6.45) is -2.06. The van der Waals surface area contributed by atoms with Gasteiger partial charge in [0.25, 0.3) is 0 Å². The Balaban J connectivity index is 3.50. The zero-order valence-electron chi connectivity index (χ0n) is 8.89. The first-order valence-corrected chi connectivity index (χ1v) is 4.88. The Morgan fingerprint density at radius 1 is 1.44 bits per heavy atom. The van der Waals surface area contributed by atoms with Crippen LogP contribution < -0.4 is 5.32 Å². The highest BCUT2D eigenvalue weighted by atomic mass is 19.4. The molecule has 0 bridgehead atoms. The van der Waals surface area contributed by atoms with Gasteiger partial charge in [0.2, 0.25) is 0 Å². The van der Waals surface area contributed by atoms with Crippen molar-refractivity contribution in [2.24, 2.45) is 5.92 Å². The number of rotatable bonds is 8. The van der Waals surface area contributed by atoms with Crippen molar-refractivity contribution < 1.29 is 17.9 Å². The fourth-order valence-corrected chi connectivity index (χ4v) is 0.894. The molecular weight excluding hydrogens is 221 g/mol. The Kier molecular flexibility index (Phi) is 7.60. The predicted octanol–water partition coefficient (Wildman–Crippen LogP) is 1.87. The lowest BCUT2D eigenvalue weighted by molar-refractivity contribution is -0.157. The molecule has 0 fully saturated rings. The second-order valence-electron chi connectivity index (χ2n) is 3.12. The molecule has 0 aliphatic rings. The topological polar surface area (TPSA) is 45.0 Å². The number of nitrogens with zero attached hydrogens (tertiary/aromatic N) is 1. The van der Waals surface area contributed by atoms with E-state index >= 15 is 0 Å². The number of halogens is 3. The minimum atomic E-state index is -4.47. The first-order chi connectivity index (χ1) is 7.52. The molecule has 0 aliphatic carbocycles. The van der Waals surface area contributed by atoms with E-state index in [-0.39, 0.29) is 0 Å². The molecule has 0 saturated heterocycles. The fourth-order valence-electron chi connectivity index (χ4n) is 0.894. The number of hydrogen-bond donors (Lipinski definition) is 1. The molecule has 16 heavy (non-hydrogen) atoms. The molecule has 6 heteroatoms. The van der Waals surface area contributed by atoms with Gasteiger partial charge in [0, 0.05) is 13.1 Å². The van der Waals surface area contributed by atoms with Crippen molar-refractivity contribution >= 4 is 0 Å². The van der Waals surface area contributed by atoms with Gasteiger partial charge in [-0.2, -0.15) is 18.4 Å². The van der Waals surface area contributed by atoms with E-state index in [0.29, 0.717) is 26.2 Å². The molecule has 0 aliphatic heterocycles. The summed E-state index contributed by atoms with van der Waals surface area (Å²) in [5.41, 5.74) is 0. The van der Waals surface area contributed by atoms with Crippen molar-refractivity contribution in [1.82, 2.24) is 5.32 Å². The Bertz CT molecular complexity index is 235. The number of nitriles is 1. The maximum atomic E-state index is 12.1. The van der Waals surface area contributed by atoms with Crippen LogP contribution in [0, 0.1) is 17.2 Å². The minimum absolute atomic E-state index is 0.297. The highest BCUT2D eigenvalue weighted by Gasteiger charge is 2.39. The minimum Gasteiger partial charge on any atom is -0.380 e. The molecule has 0 aromatic heterocycles. The molecule has 1 unspecified atom stereocenters. The Morgan fingerprint density at radius 3 is 2.62 bits per heavy atom. The monoisotopic (exact) mass is 236 g/mol. The summed E-state index contributed by atoms with van der Waals surface area (Å²) in [5.74, 6) is -1.96. The molecule has 1 atom stereocenters. The molecule has 0 spiro atoms. The Morgan fingerprint density at radius 2 is 2.12 bits per heavy atom. The van der Waals surface area contributed by atoms with Crippen LogP contribution in [-0.4, -0.2) is 32.5 Å². The zero-order chi connectivity index (χ0) is 12.4. The third-order valence-electron chi connectivity index (χ3n) is 1.79. The van der Waals surface area contributed by atoms with Crippen LogP contribution in [0.2, 0.25) is 0 Å². The van der Waals surface area contributed by atoms with Gasteiger partial charge in [-0.05, 0) is 6.42 Å². The van der Waals surface area contributed by atoms with E-state index in [1.165, 1.54) is 6.07 Å². The Labute approximate surface area is 92.9 Å². The van der Waals surface area contributed by atoms with Gasteiger partial charge in [0.1, 0.15) is 0 Å². The van der Waals surface area contributed by atoms with E-state index in [0.717, 1.165) is 0 Å². The molecule has 0 radical (unpaired) electrons. The third-order valence-corrected chi connectivity index (χ3v) is 1.79. The maximum Gasteiger partial charge on any atom is 0.405 e. The fraction of sp³-hybridized carbons (Fsp3) is 0.700. The van der Waals surface area contributed by atoms with Crippen molar-refractivity contribution in [2.75, 3.05) is 26.3 Å². The van der Waals surface area contributed by atoms with E-state index < -0.39 is 18.6 Å². The van der Waals surface area contributed by atoms with Crippen LogP contribution in [-0.2, 0) is 4.74 Å². The average Bonchev–Trinajstić information content (AvgIpc) is 2.20. The van der Waals surface area contributed by atoms with Crippen LogP contribution in [0.1, 0.15) is 6.42 Å². The van der Waals surface area contributed by atoms with Crippen molar-refractivity contribution in [2.45, 2.75) is 12.6 Å². The molecule has 0 aromatic rings. The first kappa shape index (κ1) is 14.9. The van der Waals surface area contributed by atoms with Crippen LogP contribution in [0.3, 0.4) is 0 Å². The van der Waals surface area contributed by atoms with E-state index in [1.54, 1.807) is 6.08 Å². The summed E-state index contributed by atoms with van der Waals surface area (Å²) in [6.45, 7) is 4.23. The summed E-state index contributed by atoms with van der Waals surface area (Å²) in [4.78, 5) is 0. The van der Waals surface area contributed by atoms with Gasteiger partial charge in [-0.15, -0.1) is 6.58 Å². The smallest absolute Gasteiger partial charge is 0.380 e. The standard InChI is InChI=1S/C10H15F3N2O/c1-2-3-5-16-6-4-15-8-9(7-14)10(11,12)13/h2,9,15H,1,3-6,8H2. The summed E-state index contributed by atoms with van der Waals surface area (Å²) in [5, 5.41) is 10.8. The van der Waals surface area contributed by atoms with Crippen LogP contribution in [0.15, 0.2) is 12.7 Å². The highest BCUT2D eigenvalue weighted by Crippen LogP contribution is 2.24. The van der Waals surface area contributed by atoms with Gasteiger partial charge in [-0.1, -0.05) is 6.08 Å². The molecule has 0 amide bonds. The molecule has 3 nitrogen and oxygen atoms in total. The van der Waals surface area contributed by atoms with Crippen molar-refractivity contribution in [1.29, 1.82) is 5.26 Å². The van der Waals surface area contributed by atoms with E-state index in [1.807, 2.05) is 0 Å². The average molecular weight is 236 g/mol. The van der Waals surface area contributed by atoms with E-state index in [9.17, 15) is 13.2 Å². The molecule has 0 rings (SSSR count). The van der Waals surface area contributed by atoms with Gasteiger partial charge < -0.3 is 10.1 Å². The largest absolute Gasteiger partial charge is 0.405 e. The SMILES string of the molecule is C=CCCOCCNCC(C#N)C(F)(F)F. The van der Waals surface area contributed by atoms with Crippen LogP contribution in [0.5, 0.6) is 0 Å². The molecule has 92 valence electrons. The second kappa shape index (κ2) is 8.13. The number of alkyl halides is 3. The van der Waals surface area contributed by atoms with E-state index in [4.69, 9.17) is 10.00 Å². The number of hydrogen-bond acceptors (Lipinski definition) is 3. The van der Waals surface area contributed by atoms with Gasteiger partial charge in [0.15, 0.2) is 5.92 Å². The third kappa shape index (κ3) is 7.26. The molecule has 0 saturated carbocycles. The maximum absolute atomic E-state index is 12.1. The van der Waals surface area contributed by atoms with Gasteiger partial charge in [-0.25, -0.2) is 0 Å². The van der Waals surface area contributed by atoms with Crippen molar-refractivity contribution in [3.05, 3.63) is 12.7 Å². The predicted molar refractivity (Wildman–Crippen MR) is 53.7 cm³/mol. The lowest BCUT2D eigenvalue weighted by atomic mass is 10.1. The van der Waals surface area contributed by atoms with E-state index in [2.05, 4.69) is 11.9 Å². The van der Waals surface area contributed by atoms with Crippen LogP contribution in [0.25, 0.3) is 0 Å². The van der Waals surface area contributed by atoms with Gasteiger partial charge in [-0.3, -0.25) is 0 Å².